The zero-order chi connectivity index (χ0) is 24.1. The average molecular weight is 515 g/mol. The Labute approximate surface area is 214 Å². The Kier molecular flexibility index (Phi) is 7.90. The van der Waals surface area contributed by atoms with Crippen LogP contribution < -0.4 is 15.5 Å². The fourth-order valence-corrected chi connectivity index (χ4v) is 4.25. The third-order valence-corrected chi connectivity index (χ3v) is 6.50. The second-order valence-corrected chi connectivity index (χ2v) is 9.08. The van der Waals surface area contributed by atoms with Gasteiger partial charge >= 0.3 is 0 Å². The number of anilines is 2. The minimum Gasteiger partial charge on any atom is -0.457 e. The number of piperazine rings is 1. The molecule has 1 fully saturated rings. The number of hydrogen-bond donors (Lipinski definition) is 2. The van der Waals surface area contributed by atoms with E-state index in [0.29, 0.717) is 27.1 Å². The second kappa shape index (κ2) is 11.1. The third kappa shape index (κ3) is 5.98. The standard InChI is InChI=1S/C25H24Cl2N4O2S/c1-30-13-15-31(16-14-30)21-8-3-2-7-20(21)28-25(34)29-23(32)12-10-17-9-11-22(33-17)18-5-4-6-19(26)24(18)27/h2-12H,13-16H2,1H3,(H2,28,29,32,34). The van der Waals surface area contributed by atoms with E-state index in [2.05, 4.69) is 33.5 Å². The molecule has 1 saturated heterocycles. The number of hydrogen-bond acceptors (Lipinski definition) is 5. The number of carbonyl (C=O) groups is 1. The maximum absolute atomic E-state index is 12.4. The van der Waals surface area contributed by atoms with E-state index >= 15 is 0 Å². The van der Waals surface area contributed by atoms with Crippen molar-refractivity contribution in [2.24, 2.45) is 0 Å². The van der Waals surface area contributed by atoms with Gasteiger partial charge in [-0.15, -0.1) is 0 Å². The largest absolute Gasteiger partial charge is 0.457 e. The molecule has 1 aromatic heterocycles. The highest BCUT2D eigenvalue weighted by Gasteiger charge is 2.17. The first-order valence-electron chi connectivity index (χ1n) is 10.8. The van der Waals surface area contributed by atoms with Gasteiger partial charge in [-0.2, -0.15) is 0 Å². The van der Waals surface area contributed by atoms with Crippen LogP contribution in [0.2, 0.25) is 10.0 Å². The summed E-state index contributed by atoms with van der Waals surface area (Å²) in [5.74, 6) is 0.694. The van der Waals surface area contributed by atoms with Crippen LogP contribution in [0.1, 0.15) is 5.76 Å². The van der Waals surface area contributed by atoms with Crippen molar-refractivity contribution < 1.29 is 9.21 Å². The number of furan rings is 1. The summed E-state index contributed by atoms with van der Waals surface area (Å²) < 4.78 is 5.78. The number of nitrogens with zero attached hydrogens (tertiary/aromatic N) is 2. The van der Waals surface area contributed by atoms with Crippen molar-refractivity contribution in [3.8, 4) is 11.3 Å². The van der Waals surface area contributed by atoms with Crippen molar-refractivity contribution in [1.29, 1.82) is 0 Å². The molecule has 0 saturated carbocycles. The molecule has 0 atom stereocenters. The third-order valence-electron chi connectivity index (χ3n) is 5.48. The molecule has 3 aromatic rings. The number of amides is 1. The molecule has 1 aliphatic rings. The molecule has 4 rings (SSSR count). The molecule has 2 aromatic carbocycles. The molecule has 1 aliphatic heterocycles. The first kappa shape index (κ1) is 24.3. The monoisotopic (exact) mass is 514 g/mol. The van der Waals surface area contributed by atoms with Gasteiger partial charge in [-0.05, 0) is 61.7 Å². The summed E-state index contributed by atoms with van der Waals surface area (Å²) in [5, 5.41) is 6.91. The number of thiocarbonyl (C=S) groups is 1. The van der Waals surface area contributed by atoms with Crippen LogP contribution in [-0.2, 0) is 4.79 Å². The molecule has 0 aliphatic carbocycles. The average Bonchev–Trinajstić information content (AvgIpc) is 3.29. The van der Waals surface area contributed by atoms with E-state index in [1.54, 1.807) is 30.3 Å². The normalized spacial score (nSPS) is 14.4. The van der Waals surface area contributed by atoms with E-state index in [0.717, 1.165) is 37.6 Å². The number of rotatable bonds is 5. The molecule has 0 spiro atoms. The highest BCUT2D eigenvalue weighted by molar-refractivity contribution is 7.80. The van der Waals surface area contributed by atoms with E-state index in [-0.39, 0.29) is 11.0 Å². The summed E-state index contributed by atoms with van der Waals surface area (Å²) in [6.07, 6.45) is 2.93. The summed E-state index contributed by atoms with van der Waals surface area (Å²) in [6, 6.07) is 16.8. The van der Waals surface area contributed by atoms with Crippen LogP contribution >= 0.6 is 35.4 Å². The quantitative estimate of drug-likeness (QED) is 0.344. The first-order chi connectivity index (χ1) is 16.4. The Morgan fingerprint density at radius 2 is 1.79 bits per heavy atom. The van der Waals surface area contributed by atoms with Crippen molar-refractivity contribution >= 4 is 63.9 Å². The number of carbonyl (C=O) groups excluding carboxylic acids is 1. The molecule has 9 heteroatoms. The highest BCUT2D eigenvalue weighted by atomic mass is 35.5. The van der Waals surface area contributed by atoms with E-state index in [4.69, 9.17) is 39.8 Å². The summed E-state index contributed by atoms with van der Waals surface area (Å²) in [4.78, 5) is 17.0. The summed E-state index contributed by atoms with van der Waals surface area (Å²) in [7, 11) is 2.12. The Balaban J connectivity index is 1.36. The van der Waals surface area contributed by atoms with E-state index in [9.17, 15) is 4.79 Å². The van der Waals surface area contributed by atoms with Gasteiger partial charge in [0, 0.05) is 37.8 Å². The van der Waals surface area contributed by atoms with Crippen LogP contribution in [0.25, 0.3) is 17.4 Å². The molecule has 1 amide bonds. The predicted molar refractivity (Wildman–Crippen MR) is 144 cm³/mol. The minimum absolute atomic E-state index is 0.224. The zero-order valence-electron chi connectivity index (χ0n) is 18.6. The highest BCUT2D eigenvalue weighted by Crippen LogP contribution is 2.34. The molecule has 176 valence electrons. The smallest absolute Gasteiger partial charge is 0.250 e. The molecule has 34 heavy (non-hydrogen) atoms. The van der Waals surface area contributed by atoms with Gasteiger partial charge in [0.25, 0.3) is 0 Å². The lowest BCUT2D eigenvalue weighted by Crippen LogP contribution is -2.45. The summed E-state index contributed by atoms with van der Waals surface area (Å²) >= 11 is 17.7. The topological polar surface area (TPSA) is 60.8 Å². The van der Waals surface area contributed by atoms with Crippen LogP contribution in [-0.4, -0.2) is 49.1 Å². The maximum atomic E-state index is 12.4. The minimum atomic E-state index is -0.367. The van der Waals surface area contributed by atoms with Gasteiger partial charge in [0.15, 0.2) is 5.11 Å². The van der Waals surface area contributed by atoms with Gasteiger partial charge in [-0.25, -0.2) is 0 Å². The summed E-state index contributed by atoms with van der Waals surface area (Å²) in [5.41, 5.74) is 2.60. The van der Waals surface area contributed by atoms with Gasteiger partial charge in [0.1, 0.15) is 11.5 Å². The lowest BCUT2D eigenvalue weighted by atomic mass is 10.2. The van der Waals surface area contributed by atoms with Crippen LogP contribution in [0.5, 0.6) is 0 Å². The fraction of sp³-hybridized carbons (Fsp3) is 0.200. The Bertz CT molecular complexity index is 1220. The summed E-state index contributed by atoms with van der Waals surface area (Å²) in [6.45, 7) is 3.86. The van der Waals surface area contributed by atoms with E-state index in [1.165, 1.54) is 6.08 Å². The molecule has 0 bridgehead atoms. The Morgan fingerprint density at radius 3 is 2.59 bits per heavy atom. The van der Waals surface area contributed by atoms with Gasteiger partial charge in [-0.1, -0.05) is 41.4 Å². The Hall–Kier alpha value is -2.84. The van der Waals surface area contributed by atoms with Gasteiger partial charge in [-0.3, -0.25) is 10.1 Å². The molecule has 2 heterocycles. The van der Waals surface area contributed by atoms with E-state index in [1.807, 2.05) is 24.3 Å². The molecule has 2 N–H and O–H groups in total. The Morgan fingerprint density at radius 1 is 1.03 bits per heavy atom. The van der Waals surface area contributed by atoms with Crippen molar-refractivity contribution in [1.82, 2.24) is 10.2 Å². The van der Waals surface area contributed by atoms with Crippen molar-refractivity contribution in [3.63, 3.8) is 0 Å². The van der Waals surface area contributed by atoms with Crippen LogP contribution in [0.4, 0.5) is 11.4 Å². The SMILES string of the molecule is CN1CCN(c2ccccc2NC(=S)NC(=O)C=Cc2ccc(-c3cccc(Cl)c3Cl)o2)CC1. The molecule has 0 radical (unpaired) electrons. The maximum Gasteiger partial charge on any atom is 0.250 e. The zero-order valence-corrected chi connectivity index (χ0v) is 20.9. The van der Waals surface area contributed by atoms with E-state index < -0.39 is 0 Å². The van der Waals surface area contributed by atoms with Crippen molar-refractivity contribution in [2.45, 2.75) is 0 Å². The number of halogens is 2. The number of benzene rings is 2. The molecule has 0 unspecified atom stereocenters. The molecular weight excluding hydrogens is 491 g/mol. The number of nitrogens with one attached hydrogen (secondary N) is 2. The van der Waals surface area contributed by atoms with Crippen molar-refractivity contribution in [3.05, 3.63) is 76.5 Å². The van der Waals surface area contributed by atoms with Crippen molar-refractivity contribution in [2.75, 3.05) is 43.4 Å². The lowest BCUT2D eigenvalue weighted by molar-refractivity contribution is -0.115. The van der Waals surface area contributed by atoms with Crippen LogP contribution in [0.15, 0.2) is 65.1 Å². The fourth-order valence-electron chi connectivity index (χ4n) is 3.65. The van der Waals surface area contributed by atoms with Gasteiger partial charge in [0.2, 0.25) is 5.91 Å². The number of para-hydroxylation sites is 2. The van der Waals surface area contributed by atoms with Crippen LogP contribution in [0, 0.1) is 0 Å². The van der Waals surface area contributed by atoms with Gasteiger partial charge in [0.05, 0.1) is 21.4 Å². The van der Waals surface area contributed by atoms with Crippen LogP contribution in [0.3, 0.4) is 0 Å². The second-order valence-electron chi connectivity index (χ2n) is 7.89. The van der Waals surface area contributed by atoms with Gasteiger partial charge < -0.3 is 19.5 Å². The molecular formula is C25H24Cl2N4O2S. The lowest BCUT2D eigenvalue weighted by Gasteiger charge is -2.35. The number of likely N-dealkylation sites (N-methyl/N-ethyl adjacent to an activating group) is 1. The first-order valence-corrected chi connectivity index (χ1v) is 11.9. The molecule has 6 nitrogen and oxygen atoms in total. The predicted octanol–water partition coefficient (Wildman–Crippen LogP) is 5.53.